The van der Waals surface area contributed by atoms with Gasteiger partial charge in [-0.05, 0) is 40.7 Å². The van der Waals surface area contributed by atoms with Crippen LogP contribution >= 0.6 is 0 Å². The lowest BCUT2D eigenvalue weighted by Crippen LogP contribution is -2.28. The highest BCUT2D eigenvalue weighted by Gasteiger charge is 2.22. The summed E-state index contributed by atoms with van der Waals surface area (Å²) < 4.78 is 38.0. The van der Waals surface area contributed by atoms with E-state index in [2.05, 4.69) is 55.5 Å². The first-order valence-electron chi connectivity index (χ1n) is 12.4. The Morgan fingerprint density at radius 3 is 2.24 bits per heavy atom. The normalized spacial score (nSPS) is 12.7. The molecule has 198 valence electrons. The lowest BCUT2D eigenvalue weighted by atomic mass is 9.83. The molecule has 0 saturated carbocycles. The van der Waals surface area contributed by atoms with Crippen molar-refractivity contribution < 1.29 is 22.3 Å². The summed E-state index contributed by atoms with van der Waals surface area (Å²) in [6.45, 7) is 6.32. The Morgan fingerprint density at radius 2 is 1.63 bits per heavy atom. The molecule has 0 bridgehead atoms. The predicted molar refractivity (Wildman–Crippen MR) is 146 cm³/mol. The van der Waals surface area contributed by atoms with Crippen LogP contribution in [0.5, 0.6) is 0 Å². The van der Waals surface area contributed by atoms with Crippen molar-refractivity contribution in [1.82, 2.24) is 10.5 Å². The van der Waals surface area contributed by atoms with E-state index in [1.54, 1.807) is 12.1 Å². The quantitative estimate of drug-likeness (QED) is 0.294. The molecule has 0 fully saturated rings. The van der Waals surface area contributed by atoms with Gasteiger partial charge in [0.05, 0.1) is 21.6 Å². The number of nitrogens with zero attached hydrogens (tertiary/aromatic N) is 1. The van der Waals surface area contributed by atoms with Crippen LogP contribution in [0, 0.1) is 0 Å². The van der Waals surface area contributed by atoms with E-state index in [0.717, 1.165) is 22.4 Å². The van der Waals surface area contributed by atoms with Gasteiger partial charge < -0.3 is 14.4 Å². The van der Waals surface area contributed by atoms with E-state index in [9.17, 15) is 17.8 Å². The molecule has 1 heterocycles. The van der Waals surface area contributed by atoms with Gasteiger partial charge in [-0.1, -0.05) is 92.7 Å². The summed E-state index contributed by atoms with van der Waals surface area (Å²) in [6, 6.07) is 27.5. The molecule has 1 atom stereocenters. The maximum atomic E-state index is 12.3. The molecular formula is C30H31N2O5S-. The van der Waals surface area contributed by atoms with Crippen molar-refractivity contribution in [2.45, 2.75) is 38.5 Å². The number of carbonyl (C=O) groups is 1. The number of benzene rings is 3. The summed E-state index contributed by atoms with van der Waals surface area (Å²) in [7, 11) is -4.38. The van der Waals surface area contributed by atoms with Crippen LogP contribution in [0.1, 0.15) is 59.4 Å². The molecule has 0 aliphatic carbocycles. The SMILES string of the molecule is CC(C)(C)c1ccc(C(Cc2ccc(C(=O)NCCS(=O)(=O)[O-])cc2)c2cc(-c3ccccc3)on2)cc1. The zero-order valence-corrected chi connectivity index (χ0v) is 22.5. The molecule has 3 aromatic carbocycles. The van der Waals surface area contributed by atoms with Crippen LogP contribution in [0.2, 0.25) is 0 Å². The molecular weight excluding hydrogens is 500 g/mol. The van der Waals surface area contributed by atoms with Crippen LogP contribution in [0.3, 0.4) is 0 Å². The van der Waals surface area contributed by atoms with E-state index in [4.69, 9.17) is 4.52 Å². The molecule has 0 saturated heterocycles. The Bertz CT molecular complexity index is 1470. The summed E-state index contributed by atoms with van der Waals surface area (Å²) >= 11 is 0. The Kier molecular flexibility index (Phi) is 8.14. The van der Waals surface area contributed by atoms with Gasteiger partial charge in [-0.15, -0.1) is 0 Å². The summed E-state index contributed by atoms with van der Waals surface area (Å²) in [5.74, 6) is -0.454. The third-order valence-electron chi connectivity index (χ3n) is 6.42. The van der Waals surface area contributed by atoms with E-state index in [1.165, 1.54) is 5.56 Å². The fourth-order valence-electron chi connectivity index (χ4n) is 4.22. The number of aromatic nitrogens is 1. The van der Waals surface area contributed by atoms with Gasteiger partial charge in [0.25, 0.3) is 5.91 Å². The third kappa shape index (κ3) is 7.18. The number of hydrogen-bond donors (Lipinski definition) is 1. The maximum absolute atomic E-state index is 12.3. The zero-order valence-electron chi connectivity index (χ0n) is 21.7. The summed E-state index contributed by atoms with van der Waals surface area (Å²) in [5.41, 5.74) is 5.53. The van der Waals surface area contributed by atoms with Crippen LogP contribution in [-0.4, -0.2) is 36.3 Å². The summed E-state index contributed by atoms with van der Waals surface area (Å²) in [4.78, 5) is 12.3. The largest absolute Gasteiger partial charge is 0.748 e. The maximum Gasteiger partial charge on any atom is 0.251 e. The number of rotatable bonds is 9. The Hall–Kier alpha value is -3.75. The first-order valence-corrected chi connectivity index (χ1v) is 14.0. The van der Waals surface area contributed by atoms with Gasteiger partial charge in [0.2, 0.25) is 0 Å². The smallest absolute Gasteiger partial charge is 0.251 e. The summed E-state index contributed by atoms with van der Waals surface area (Å²) in [6.07, 6.45) is 0.631. The van der Waals surface area contributed by atoms with E-state index in [0.29, 0.717) is 17.7 Å². The Labute approximate surface area is 223 Å². The first-order chi connectivity index (χ1) is 18.0. The predicted octanol–water partition coefficient (Wildman–Crippen LogP) is 5.29. The van der Waals surface area contributed by atoms with Crippen LogP contribution in [0.25, 0.3) is 11.3 Å². The molecule has 1 amide bonds. The van der Waals surface area contributed by atoms with Gasteiger partial charge in [-0.2, -0.15) is 0 Å². The van der Waals surface area contributed by atoms with Crippen molar-refractivity contribution in [1.29, 1.82) is 0 Å². The molecule has 1 unspecified atom stereocenters. The zero-order chi connectivity index (χ0) is 27.3. The Balaban J connectivity index is 1.57. The first kappa shape index (κ1) is 27.3. The molecule has 38 heavy (non-hydrogen) atoms. The van der Waals surface area contributed by atoms with Gasteiger partial charge >= 0.3 is 0 Å². The lowest BCUT2D eigenvalue weighted by molar-refractivity contribution is 0.0956. The fraction of sp³-hybridized carbons (Fsp3) is 0.267. The topological polar surface area (TPSA) is 112 Å². The van der Waals surface area contributed by atoms with E-state index >= 15 is 0 Å². The molecule has 0 radical (unpaired) electrons. The molecule has 0 aliphatic heterocycles. The minimum Gasteiger partial charge on any atom is -0.748 e. The number of hydrogen-bond acceptors (Lipinski definition) is 6. The molecule has 0 spiro atoms. The van der Waals surface area contributed by atoms with Crippen molar-refractivity contribution in [2.24, 2.45) is 0 Å². The van der Waals surface area contributed by atoms with E-state index in [-0.39, 0.29) is 17.9 Å². The molecule has 0 aliphatic rings. The molecule has 1 N–H and O–H groups in total. The minimum absolute atomic E-state index is 0.0384. The second-order valence-corrected chi connectivity index (χ2v) is 11.8. The van der Waals surface area contributed by atoms with E-state index in [1.807, 2.05) is 48.5 Å². The van der Waals surface area contributed by atoms with Crippen LogP contribution < -0.4 is 5.32 Å². The van der Waals surface area contributed by atoms with Crippen molar-refractivity contribution in [3.8, 4) is 11.3 Å². The Morgan fingerprint density at radius 1 is 0.974 bits per heavy atom. The average Bonchev–Trinajstić information content (AvgIpc) is 3.37. The molecule has 4 aromatic rings. The standard InChI is InChI=1S/C30H32N2O5S/c1-30(2,3)25-15-13-22(14-16-25)26(27-20-28(37-32-27)23-7-5-4-6-8-23)19-21-9-11-24(12-10-21)29(33)31-17-18-38(34,35)36/h4-16,20,26H,17-19H2,1-3H3,(H,31,33)(H,34,35,36)/p-1. The van der Waals surface area contributed by atoms with Crippen molar-refractivity contribution in [2.75, 3.05) is 12.3 Å². The molecule has 8 heteroatoms. The molecule has 1 aromatic heterocycles. The van der Waals surface area contributed by atoms with Gasteiger partial charge in [0.15, 0.2) is 5.76 Å². The molecule has 4 rings (SSSR count). The van der Waals surface area contributed by atoms with Gasteiger partial charge in [0, 0.05) is 29.7 Å². The highest BCUT2D eigenvalue weighted by molar-refractivity contribution is 7.85. The monoisotopic (exact) mass is 531 g/mol. The third-order valence-corrected chi connectivity index (χ3v) is 7.12. The average molecular weight is 532 g/mol. The fourth-order valence-corrected chi connectivity index (χ4v) is 4.57. The van der Waals surface area contributed by atoms with Gasteiger partial charge in [0.1, 0.15) is 0 Å². The summed E-state index contributed by atoms with van der Waals surface area (Å²) in [5, 5.41) is 6.88. The van der Waals surface area contributed by atoms with Crippen molar-refractivity contribution >= 4 is 16.0 Å². The number of nitrogens with one attached hydrogen (secondary N) is 1. The number of carbonyl (C=O) groups excluding carboxylic acids is 1. The van der Waals surface area contributed by atoms with Crippen LogP contribution in [-0.2, 0) is 22.0 Å². The number of amides is 1. The second-order valence-electron chi connectivity index (χ2n) is 10.3. The van der Waals surface area contributed by atoms with Crippen LogP contribution in [0.4, 0.5) is 0 Å². The van der Waals surface area contributed by atoms with Crippen LogP contribution in [0.15, 0.2) is 89.5 Å². The highest BCUT2D eigenvalue weighted by Crippen LogP contribution is 2.33. The lowest BCUT2D eigenvalue weighted by Gasteiger charge is -2.21. The minimum atomic E-state index is -4.38. The van der Waals surface area contributed by atoms with Gasteiger partial charge in [-0.25, -0.2) is 8.42 Å². The second kappa shape index (κ2) is 11.3. The van der Waals surface area contributed by atoms with Crippen molar-refractivity contribution in [3.05, 3.63) is 113 Å². The highest BCUT2D eigenvalue weighted by atomic mass is 32.2. The van der Waals surface area contributed by atoms with E-state index < -0.39 is 21.8 Å². The van der Waals surface area contributed by atoms with Gasteiger partial charge in [-0.3, -0.25) is 4.79 Å². The molecule has 7 nitrogen and oxygen atoms in total. The van der Waals surface area contributed by atoms with Crippen molar-refractivity contribution in [3.63, 3.8) is 0 Å².